The quantitative estimate of drug-likeness (QED) is 0.264. The molecule has 0 radical (unpaired) electrons. The van der Waals surface area contributed by atoms with E-state index in [4.69, 9.17) is 9.37 Å². The van der Waals surface area contributed by atoms with Crippen molar-refractivity contribution < 1.29 is 14.2 Å². The molecule has 5 rings (SSSR count). The normalized spacial score (nSPS) is 11.5. The summed E-state index contributed by atoms with van der Waals surface area (Å²) in [5.41, 5.74) is 4.55. The van der Waals surface area contributed by atoms with Crippen molar-refractivity contribution in [2.75, 3.05) is 6.61 Å². The Morgan fingerprint density at radius 2 is 1.55 bits per heavy atom. The number of rotatable bonds is 3. The maximum atomic E-state index is 12.6. The van der Waals surface area contributed by atoms with Crippen LogP contribution in [0.1, 0.15) is 6.92 Å². The fraction of sp³-hybridized carbons (Fsp3) is 0.136. The van der Waals surface area contributed by atoms with Gasteiger partial charge in [0.15, 0.2) is 0 Å². The molecule has 31 heavy (non-hydrogen) atoms. The third kappa shape index (κ3) is 3.28. The van der Waals surface area contributed by atoms with Gasteiger partial charge in [0, 0.05) is 55.8 Å². The summed E-state index contributed by atoms with van der Waals surface area (Å²) in [5.74, 6) is 0. The highest BCUT2D eigenvalue weighted by atomic mass is 79.9. The smallest absolute Gasteiger partial charge is 0.418 e. The standard InChI is InChI=1S/C22H16Br2N4O3/c1-3-30-22(29)28-11-17(15-9-13(24)5-7-19(15)28)21-20(25-31-26-21)16-10-27(2)18-6-4-12(23)8-14(16)18/h4-11H,3H2,1-2H3. The summed E-state index contributed by atoms with van der Waals surface area (Å²) < 4.78 is 15.8. The van der Waals surface area contributed by atoms with Crippen molar-refractivity contribution in [3.8, 4) is 22.5 Å². The lowest BCUT2D eigenvalue weighted by atomic mass is 10.0. The average molecular weight is 544 g/mol. The number of aryl methyl sites for hydroxylation is 1. The summed E-state index contributed by atoms with van der Waals surface area (Å²) in [6.07, 6.45) is 3.27. The molecule has 0 aliphatic heterocycles. The number of benzene rings is 2. The SMILES string of the molecule is CCOC(=O)n1cc(-c2nonc2-c2cn(C)c3ccc(Br)cc23)c2cc(Br)ccc21. The van der Waals surface area contributed by atoms with E-state index in [1.165, 1.54) is 4.57 Å². The first kappa shape index (κ1) is 20.0. The molecule has 2 aromatic carbocycles. The maximum Gasteiger partial charge on any atom is 0.418 e. The van der Waals surface area contributed by atoms with E-state index in [-0.39, 0.29) is 6.61 Å². The average Bonchev–Trinajstić information content (AvgIpc) is 3.43. The minimum Gasteiger partial charge on any atom is -0.449 e. The number of aromatic nitrogens is 4. The van der Waals surface area contributed by atoms with Crippen LogP contribution >= 0.6 is 31.9 Å². The predicted molar refractivity (Wildman–Crippen MR) is 125 cm³/mol. The number of hydrogen-bond donors (Lipinski definition) is 0. The van der Waals surface area contributed by atoms with Crippen LogP contribution in [0.25, 0.3) is 44.3 Å². The van der Waals surface area contributed by atoms with Gasteiger partial charge in [-0.15, -0.1) is 0 Å². The van der Waals surface area contributed by atoms with E-state index in [0.29, 0.717) is 16.9 Å². The van der Waals surface area contributed by atoms with E-state index in [1.807, 2.05) is 54.2 Å². The lowest BCUT2D eigenvalue weighted by molar-refractivity contribution is 0.155. The molecular formula is C22H16Br2N4O3. The third-order valence-corrected chi connectivity index (χ3v) is 6.17. The molecule has 0 saturated heterocycles. The Hall–Kier alpha value is -2.91. The molecule has 0 unspecified atom stereocenters. The van der Waals surface area contributed by atoms with Gasteiger partial charge in [-0.1, -0.05) is 31.9 Å². The maximum absolute atomic E-state index is 12.6. The summed E-state index contributed by atoms with van der Waals surface area (Å²) in [6, 6.07) is 11.8. The molecule has 3 heterocycles. The number of hydrogen-bond acceptors (Lipinski definition) is 5. The molecule has 9 heteroatoms. The first-order valence-corrected chi connectivity index (χ1v) is 11.1. The van der Waals surface area contributed by atoms with Crippen LogP contribution in [0.15, 0.2) is 62.4 Å². The van der Waals surface area contributed by atoms with Crippen LogP contribution in [0.5, 0.6) is 0 Å². The zero-order chi connectivity index (χ0) is 21.7. The van der Waals surface area contributed by atoms with Crippen molar-refractivity contribution in [3.05, 3.63) is 57.7 Å². The molecule has 156 valence electrons. The summed E-state index contributed by atoms with van der Waals surface area (Å²) >= 11 is 7.07. The molecule has 0 aliphatic rings. The number of nitrogens with zero attached hydrogens (tertiary/aromatic N) is 4. The van der Waals surface area contributed by atoms with Gasteiger partial charge in [0.25, 0.3) is 0 Å². The molecule has 0 bridgehead atoms. The van der Waals surface area contributed by atoms with Gasteiger partial charge in [-0.3, -0.25) is 4.57 Å². The molecule has 0 spiro atoms. The van der Waals surface area contributed by atoms with E-state index < -0.39 is 6.09 Å². The Bertz CT molecular complexity index is 1460. The van der Waals surface area contributed by atoms with Crippen LogP contribution in [-0.4, -0.2) is 32.1 Å². The summed E-state index contributed by atoms with van der Waals surface area (Å²) in [7, 11) is 1.98. The summed E-state index contributed by atoms with van der Waals surface area (Å²) in [4.78, 5) is 12.6. The second-order valence-corrected chi connectivity index (χ2v) is 8.88. The first-order valence-electron chi connectivity index (χ1n) is 9.53. The molecule has 7 nitrogen and oxygen atoms in total. The monoisotopic (exact) mass is 542 g/mol. The first-order chi connectivity index (χ1) is 15.0. The molecule has 0 amide bonds. The van der Waals surface area contributed by atoms with Gasteiger partial charge in [-0.05, 0) is 53.6 Å². The van der Waals surface area contributed by atoms with E-state index in [0.717, 1.165) is 36.4 Å². The highest BCUT2D eigenvalue weighted by molar-refractivity contribution is 9.10. The zero-order valence-corrected chi connectivity index (χ0v) is 19.8. The van der Waals surface area contributed by atoms with Crippen LogP contribution in [0.4, 0.5) is 4.79 Å². The van der Waals surface area contributed by atoms with Gasteiger partial charge in [-0.25, -0.2) is 9.42 Å². The van der Waals surface area contributed by atoms with Gasteiger partial charge >= 0.3 is 6.09 Å². The Kier molecular flexibility index (Phi) is 4.94. The zero-order valence-electron chi connectivity index (χ0n) is 16.6. The molecule has 0 saturated carbocycles. The van der Waals surface area contributed by atoms with E-state index >= 15 is 0 Å². The fourth-order valence-electron chi connectivity index (χ4n) is 3.83. The summed E-state index contributed by atoms with van der Waals surface area (Å²) in [6.45, 7) is 2.06. The number of halogens is 2. The van der Waals surface area contributed by atoms with Crippen molar-refractivity contribution in [1.82, 2.24) is 19.4 Å². The molecule has 5 aromatic rings. The molecule has 0 N–H and O–H groups in total. The van der Waals surface area contributed by atoms with Gasteiger partial charge in [0.2, 0.25) is 0 Å². The number of fused-ring (bicyclic) bond motifs is 2. The van der Waals surface area contributed by atoms with Crippen molar-refractivity contribution in [2.24, 2.45) is 7.05 Å². The largest absolute Gasteiger partial charge is 0.449 e. The van der Waals surface area contributed by atoms with Crippen molar-refractivity contribution in [1.29, 1.82) is 0 Å². The molecule has 0 aliphatic carbocycles. The van der Waals surface area contributed by atoms with Gasteiger partial charge in [0.05, 0.1) is 12.1 Å². The lowest BCUT2D eigenvalue weighted by Crippen LogP contribution is -2.11. The van der Waals surface area contributed by atoms with Crippen LogP contribution in [-0.2, 0) is 11.8 Å². The van der Waals surface area contributed by atoms with Gasteiger partial charge < -0.3 is 9.30 Å². The summed E-state index contributed by atoms with van der Waals surface area (Å²) in [5, 5.41) is 10.3. The van der Waals surface area contributed by atoms with Crippen LogP contribution in [0, 0.1) is 0 Å². The van der Waals surface area contributed by atoms with Crippen LogP contribution < -0.4 is 0 Å². The Morgan fingerprint density at radius 1 is 0.968 bits per heavy atom. The topological polar surface area (TPSA) is 75.1 Å². The Balaban J connectivity index is 1.76. The number of ether oxygens (including phenoxy) is 1. The van der Waals surface area contributed by atoms with Gasteiger partial charge in [0.1, 0.15) is 11.4 Å². The van der Waals surface area contributed by atoms with E-state index in [1.54, 1.807) is 13.1 Å². The van der Waals surface area contributed by atoms with Crippen LogP contribution in [0.2, 0.25) is 0 Å². The highest BCUT2D eigenvalue weighted by Crippen LogP contribution is 2.39. The predicted octanol–water partition coefficient (Wildman–Crippen LogP) is 6.38. The second kappa shape index (κ2) is 7.65. The fourth-order valence-corrected chi connectivity index (χ4v) is 4.55. The molecular weight excluding hydrogens is 528 g/mol. The van der Waals surface area contributed by atoms with Crippen LogP contribution in [0.3, 0.4) is 0 Å². The van der Waals surface area contributed by atoms with Crippen molar-refractivity contribution in [2.45, 2.75) is 6.92 Å². The minimum absolute atomic E-state index is 0.284. The molecule has 0 fully saturated rings. The molecule has 3 aromatic heterocycles. The van der Waals surface area contributed by atoms with Gasteiger partial charge in [-0.2, -0.15) is 0 Å². The number of carbonyl (C=O) groups is 1. The Labute approximate surface area is 193 Å². The molecule has 0 atom stereocenters. The third-order valence-electron chi connectivity index (χ3n) is 5.18. The minimum atomic E-state index is -0.451. The lowest BCUT2D eigenvalue weighted by Gasteiger charge is -2.03. The Morgan fingerprint density at radius 3 is 2.19 bits per heavy atom. The van der Waals surface area contributed by atoms with Crippen molar-refractivity contribution >= 4 is 59.8 Å². The van der Waals surface area contributed by atoms with E-state index in [9.17, 15) is 4.79 Å². The van der Waals surface area contributed by atoms with Crippen molar-refractivity contribution in [3.63, 3.8) is 0 Å². The van der Waals surface area contributed by atoms with E-state index in [2.05, 4.69) is 42.2 Å². The second-order valence-electron chi connectivity index (χ2n) is 7.05. The highest BCUT2D eigenvalue weighted by Gasteiger charge is 2.24. The number of carbonyl (C=O) groups excluding carboxylic acids is 1.